The number of rotatable bonds is 4. The molecule has 0 bridgehead atoms. The van der Waals surface area contributed by atoms with E-state index in [0.717, 1.165) is 16.3 Å². The number of aryl methyl sites for hydroxylation is 2. The van der Waals surface area contributed by atoms with Crippen molar-refractivity contribution >= 4 is 28.9 Å². The van der Waals surface area contributed by atoms with Gasteiger partial charge in [0.1, 0.15) is 0 Å². The van der Waals surface area contributed by atoms with E-state index in [1.807, 2.05) is 37.4 Å². The minimum atomic E-state index is 0.132. The number of hydrogen-bond donors (Lipinski definition) is 0. The van der Waals surface area contributed by atoms with Crippen molar-refractivity contribution in [2.45, 2.75) is 19.0 Å². The largest absolute Gasteiger partial charge is 0.292 e. The van der Waals surface area contributed by atoms with Crippen molar-refractivity contribution < 1.29 is 4.79 Å². The normalized spacial score (nSPS) is 10.5. The number of aromatic nitrogens is 2. The van der Waals surface area contributed by atoms with Gasteiger partial charge < -0.3 is 0 Å². The van der Waals surface area contributed by atoms with E-state index in [9.17, 15) is 4.79 Å². The van der Waals surface area contributed by atoms with E-state index < -0.39 is 0 Å². The topological polar surface area (TPSA) is 42.9 Å². The fourth-order valence-electron chi connectivity index (χ4n) is 1.40. The summed E-state index contributed by atoms with van der Waals surface area (Å²) < 4.78 is 0. The highest BCUT2D eigenvalue weighted by atomic mass is 32.2. The first-order chi connectivity index (χ1) is 8.15. The van der Waals surface area contributed by atoms with Gasteiger partial charge in [0.05, 0.1) is 10.6 Å². The second-order valence-electron chi connectivity index (χ2n) is 3.62. The highest BCUT2D eigenvalue weighted by Crippen LogP contribution is 2.18. The molecule has 3 nitrogen and oxygen atoms in total. The lowest BCUT2D eigenvalue weighted by atomic mass is 10.4. The summed E-state index contributed by atoms with van der Waals surface area (Å²) in [5.41, 5.74) is 1.87. The Morgan fingerprint density at radius 1 is 1.35 bits per heavy atom. The molecule has 0 aliphatic rings. The fraction of sp³-hybridized carbons (Fsp3) is 0.250. The van der Waals surface area contributed by atoms with Gasteiger partial charge in [-0.1, -0.05) is 17.8 Å². The van der Waals surface area contributed by atoms with Gasteiger partial charge in [-0.25, -0.2) is 9.97 Å². The van der Waals surface area contributed by atoms with Crippen LogP contribution in [0.1, 0.15) is 21.1 Å². The number of ketones is 1. The maximum absolute atomic E-state index is 11.8. The average molecular weight is 264 g/mol. The standard InChI is InChI=1S/C12H12N2OS2/c1-8-6-9(2)14-12(13-8)17-7-10(15)11-4-3-5-16-11/h3-6H,7H2,1-2H3. The summed E-state index contributed by atoms with van der Waals surface area (Å²) in [5.74, 6) is 0.524. The van der Waals surface area contributed by atoms with Crippen LogP contribution in [0.5, 0.6) is 0 Å². The molecule has 0 fully saturated rings. The first kappa shape index (κ1) is 12.3. The number of thioether (sulfide) groups is 1. The second-order valence-corrected chi connectivity index (χ2v) is 5.51. The van der Waals surface area contributed by atoms with Crippen molar-refractivity contribution in [3.05, 3.63) is 39.8 Å². The number of hydrogen-bond acceptors (Lipinski definition) is 5. The quantitative estimate of drug-likeness (QED) is 0.483. The molecule has 2 aromatic rings. The summed E-state index contributed by atoms with van der Waals surface area (Å²) in [5, 5.41) is 2.58. The van der Waals surface area contributed by atoms with Gasteiger partial charge in [-0.3, -0.25) is 4.79 Å². The van der Waals surface area contributed by atoms with E-state index in [-0.39, 0.29) is 5.78 Å². The van der Waals surface area contributed by atoms with Crippen LogP contribution in [-0.4, -0.2) is 21.5 Å². The monoisotopic (exact) mass is 264 g/mol. The lowest BCUT2D eigenvalue weighted by Gasteiger charge is -2.01. The molecule has 2 rings (SSSR count). The maximum Gasteiger partial charge on any atom is 0.188 e. The predicted octanol–water partition coefficient (Wildman–Crippen LogP) is 3.13. The maximum atomic E-state index is 11.8. The Morgan fingerprint density at radius 2 is 2.06 bits per heavy atom. The van der Waals surface area contributed by atoms with Gasteiger partial charge in [-0.05, 0) is 31.4 Å². The van der Waals surface area contributed by atoms with Crippen LogP contribution in [0.25, 0.3) is 0 Å². The molecule has 0 saturated heterocycles. The van der Waals surface area contributed by atoms with Gasteiger partial charge in [0.15, 0.2) is 10.9 Å². The van der Waals surface area contributed by atoms with Gasteiger partial charge >= 0.3 is 0 Å². The number of nitrogens with zero attached hydrogens (tertiary/aromatic N) is 2. The van der Waals surface area contributed by atoms with Gasteiger partial charge in [0.2, 0.25) is 0 Å². The molecule has 0 N–H and O–H groups in total. The third kappa shape index (κ3) is 3.38. The molecule has 5 heteroatoms. The molecule has 0 spiro atoms. The SMILES string of the molecule is Cc1cc(C)nc(SCC(=O)c2cccs2)n1. The fourth-order valence-corrected chi connectivity index (χ4v) is 2.99. The predicted molar refractivity (Wildman–Crippen MR) is 70.9 cm³/mol. The van der Waals surface area contributed by atoms with E-state index >= 15 is 0 Å². The minimum Gasteiger partial charge on any atom is -0.292 e. The van der Waals surface area contributed by atoms with Crippen LogP contribution in [0.4, 0.5) is 0 Å². The van der Waals surface area contributed by atoms with Crippen molar-refractivity contribution in [1.82, 2.24) is 9.97 Å². The lowest BCUT2D eigenvalue weighted by Crippen LogP contribution is -2.01. The van der Waals surface area contributed by atoms with Gasteiger partial charge in [0.25, 0.3) is 0 Å². The molecule has 0 amide bonds. The van der Waals surface area contributed by atoms with Crippen molar-refractivity contribution in [2.75, 3.05) is 5.75 Å². The Morgan fingerprint density at radius 3 is 2.65 bits per heavy atom. The van der Waals surface area contributed by atoms with Crippen LogP contribution in [0.2, 0.25) is 0 Å². The Labute approximate surface area is 108 Å². The van der Waals surface area contributed by atoms with E-state index in [0.29, 0.717) is 10.9 Å². The Hall–Kier alpha value is -1.20. The van der Waals surface area contributed by atoms with Crippen molar-refractivity contribution in [1.29, 1.82) is 0 Å². The molecule has 0 aliphatic carbocycles. The highest BCUT2D eigenvalue weighted by Gasteiger charge is 2.09. The van der Waals surface area contributed by atoms with E-state index in [1.165, 1.54) is 23.1 Å². The molecule has 2 aromatic heterocycles. The van der Waals surface area contributed by atoms with Crippen molar-refractivity contribution in [2.24, 2.45) is 0 Å². The van der Waals surface area contributed by atoms with Gasteiger partial charge in [-0.2, -0.15) is 0 Å². The number of carbonyl (C=O) groups excluding carboxylic acids is 1. The van der Waals surface area contributed by atoms with Crippen LogP contribution in [-0.2, 0) is 0 Å². The van der Waals surface area contributed by atoms with Crippen LogP contribution in [0.3, 0.4) is 0 Å². The van der Waals surface area contributed by atoms with Crippen LogP contribution in [0, 0.1) is 13.8 Å². The molecule has 17 heavy (non-hydrogen) atoms. The highest BCUT2D eigenvalue weighted by molar-refractivity contribution is 7.99. The molecule has 88 valence electrons. The third-order valence-corrected chi connectivity index (χ3v) is 3.85. The van der Waals surface area contributed by atoms with E-state index in [2.05, 4.69) is 9.97 Å². The first-order valence-electron chi connectivity index (χ1n) is 5.17. The van der Waals surface area contributed by atoms with Crippen LogP contribution >= 0.6 is 23.1 Å². The zero-order valence-electron chi connectivity index (χ0n) is 9.64. The molecule has 0 radical (unpaired) electrons. The van der Waals surface area contributed by atoms with Gasteiger partial charge in [0, 0.05) is 11.4 Å². The van der Waals surface area contributed by atoms with Crippen molar-refractivity contribution in [3.63, 3.8) is 0 Å². The Kier molecular flexibility index (Phi) is 3.91. The molecule has 0 atom stereocenters. The zero-order chi connectivity index (χ0) is 12.3. The first-order valence-corrected chi connectivity index (χ1v) is 7.03. The average Bonchev–Trinajstić information content (AvgIpc) is 2.78. The summed E-state index contributed by atoms with van der Waals surface area (Å²) in [4.78, 5) is 21.2. The minimum absolute atomic E-state index is 0.132. The van der Waals surface area contributed by atoms with Crippen LogP contribution < -0.4 is 0 Å². The lowest BCUT2D eigenvalue weighted by molar-refractivity contribution is 0.102. The van der Waals surface area contributed by atoms with Crippen LogP contribution in [0.15, 0.2) is 28.7 Å². The van der Waals surface area contributed by atoms with E-state index in [4.69, 9.17) is 0 Å². The summed E-state index contributed by atoms with van der Waals surface area (Å²) in [6, 6.07) is 5.65. The zero-order valence-corrected chi connectivity index (χ0v) is 11.3. The summed E-state index contributed by atoms with van der Waals surface area (Å²) in [6.07, 6.45) is 0. The van der Waals surface area contributed by atoms with Gasteiger partial charge in [-0.15, -0.1) is 11.3 Å². The smallest absolute Gasteiger partial charge is 0.188 e. The molecule has 0 aliphatic heterocycles. The van der Waals surface area contributed by atoms with Crippen molar-refractivity contribution in [3.8, 4) is 0 Å². The number of carbonyl (C=O) groups is 1. The molecular formula is C12H12N2OS2. The molecule has 0 aromatic carbocycles. The summed E-state index contributed by atoms with van der Waals surface area (Å²) >= 11 is 2.86. The Balaban J connectivity index is 2.00. The summed E-state index contributed by atoms with van der Waals surface area (Å²) in [7, 11) is 0. The number of Topliss-reactive ketones (excluding diaryl/α,β-unsaturated/α-hetero) is 1. The molecule has 0 unspecified atom stereocenters. The molecule has 2 heterocycles. The molecule has 0 saturated carbocycles. The third-order valence-electron chi connectivity index (χ3n) is 2.09. The molecular weight excluding hydrogens is 252 g/mol. The number of thiophene rings is 1. The van der Waals surface area contributed by atoms with E-state index in [1.54, 1.807) is 0 Å². The second kappa shape index (κ2) is 5.42. The summed E-state index contributed by atoms with van der Waals surface area (Å²) in [6.45, 7) is 3.86. The Bertz CT molecular complexity index is 503.